The summed E-state index contributed by atoms with van der Waals surface area (Å²) in [5, 5.41) is 3.54. The molecule has 1 aromatic heterocycles. The van der Waals surface area contributed by atoms with Crippen molar-refractivity contribution in [3.05, 3.63) is 47.8 Å². The number of anilines is 1. The average molecular weight is 271 g/mol. The molecule has 0 radical (unpaired) electrons. The van der Waals surface area contributed by atoms with Crippen LogP contribution in [0.2, 0.25) is 0 Å². The second-order valence-corrected chi connectivity index (χ2v) is 5.99. The number of nitrogens with zero attached hydrogens (tertiary/aromatic N) is 2. The zero-order chi connectivity index (χ0) is 14.5. The van der Waals surface area contributed by atoms with Gasteiger partial charge in [-0.2, -0.15) is 0 Å². The summed E-state index contributed by atoms with van der Waals surface area (Å²) < 4.78 is 2.22. The van der Waals surface area contributed by atoms with Crippen molar-refractivity contribution in [2.75, 3.05) is 5.32 Å². The lowest BCUT2D eigenvalue weighted by atomic mass is 10.1. The van der Waals surface area contributed by atoms with E-state index < -0.39 is 0 Å². The maximum Gasteiger partial charge on any atom is 0.203 e. The molecule has 0 amide bonds. The molecule has 0 aliphatic carbocycles. The largest absolute Gasteiger partial charge is 0.353 e. The van der Waals surface area contributed by atoms with E-state index in [9.17, 15) is 0 Å². The normalized spacial score (nSPS) is 12.7. The summed E-state index contributed by atoms with van der Waals surface area (Å²) in [7, 11) is 0. The molecule has 1 aromatic carbocycles. The highest BCUT2D eigenvalue weighted by Crippen LogP contribution is 2.14. The Balaban J connectivity index is 2.02. The van der Waals surface area contributed by atoms with E-state index in [0.717, 1.165) is 24.6 Å². The highest BCUT2D eigenvalue weighted by atomic mass is 15.2. The van der Waals surface area contributed by atoms with Gasteiger partial charge in [-0.25, -0.2) is 4.98 Å². The van der Waals surface area contributed by atoms with Crippen molar-refractivity contribution in [2.24, 2.45) is 5.92 Å². The number of aromatic nitrogens is 2. The van der Waals surface area contributed by atoms with Gasteiger partial charge in [0, 0.05) is 18.8 Å². The predicted molar refractivity (Wildman–Crippen MR) is 85.0 cm³/mol. The molecule has 0 saturated carbocycles. The maximum absolute atomic E-state index is 4.60. The van der Waals surface area contributed by atoms with Crippen molar-refractivity contribution in [1.82, 2.24) is 9.55 Å². The Bertz CT molecular complexity index is 528. The quantitative estimate of drug-likeness (QED) is 0.863. The number of benzene rings is 1. The smallest absolute Gasteiger partial charge is 0.203 e. The minimum absolute atomic E-state index is 0.366. The SMILES string of the molecule is Cc1cn(CC(C)C)c(NC(C)Cc2ccccc2)n1. The van der Waals surface area contributed by atoms with Crippen LogP contribution in [0.25, 0.3) is 0 Å². The minimum Gasteiger partial charge on any atom is -0.353 e. The van der Waals surface area contributed by atoms with Crippen LogP contribution in [0.4, 0.5) is 5.95 Å². The highest BCUT2D eigenvalue weighted by molar-refractivity contribution is 5.31. The van der Waals surface area contributed by atoms with Gasteiger partial charge in [0.2, 0.25) is 5.95 Å². The molecule has 1 heterocycles. The molecule has 1 N–H and O–H groups in total. The molecule has 3 nitrogen and oxygen atoms in total. The van der Waals surface area contributed by atoms with Crippen molar-refractivity contribution in [3.63, 3.8) is 0 Å². The number of hydrogen-bond acceptors (Lipinski definition) is 2. The lowest BCUT2D eigenvalue weighted by molar-refractivity contribution is 0.524. The van der Waals surface area contributed by atoms with Crippen LogP contribution in [-0.2, 0) is 13.0 Å². The van der Waals surface area contributed by atoms with Crippen LogP contribution in [0.1, 0.15) is 32.0 Å². The Labute approximate surface area is 122 Å². The fourth-order valence-electron chi connectivity index (χ4n) is 2.43. The predicted octanol–water partition coefficient (Wildman–Crippen LogP) is 3.89. The molecule has 2 rings (SSSR count). The second-order valence-electron chi connectivity index (χ2n) is 5.99. The van der Waals surface area contributed by atoms with E-state index in [2.05, 4.69) is 72.2 Å². The standard InChI is InChI=1S/C17H25N3/c1-13(2)11-20-12-15(4)19-17(20)18-14(3)10-16-8-6-5-7-9-16/h5-9,12-14H,10-11H2,1-4H3,(H,18,19). The molecule has 0 bridgehead atoms. The van der Waals surface area contributed by atoms with Crippen LogP contribution < -0.4 is 5.32 Å². The number of aryl methyl sites for hydroxylation is 1. The molecular weight excluding hydrogens is 246 g/mol. The molecule has 1 atom stereocenters. The fourth-order valence-corrected chi connectivity index (χ4v) is 2.43. The van der Waals surface area contributed by atoms with Gasteiger partial charge in [-0.1, -0.05) is 44.2 Å². The van der Waals surface area contributed by atoms with Gasteiger partial charge in [0.1, 0.15) is 0 Å². The summed E-state index contributed by atoms with van der Waals surface area (Å²) in [5.74, 6) is 1.60. The molecule has 0 spiro atoms. The molecule has 0 aliphatic rings. The van der Waals surface area contributed by atoms with Crippen LogP contribution >= 0.6 is 0 Å². The van der Waals surface area contributed by atoms with E-state index in [-0.39, 0.29) is 0 Å². The van der Waals surface area contributed by atoms with Gasteiger partial charge in [-0.15, -0.1) is 0 Å². The Morgan fingerprint density at radius 1 is 1.15 bits per heavy atom. The van der Waals surface area contributed by atoms with E-state index >= 15 is 0 Å². The Kier molecular flexibility index (Phi) is 4.83. The summed E-state index contributed by atoms with van der Waals surface area (Å²) in [6.07, 6.45) is 3.13. The lowest BCUT2D eigenvalue weighted by Crippen LogP contribution is -2.21. The van der Waals surface area contributed by atoms with E-state index in [1.807, 2.05) is 6.92 Å². The Morgan fingerprint density at radius 2 is 1.85 bits per heavy atom. The first-order chi connectivity index (χ1) is 9.54. The summed E-state index contributed by atoms with van der Waals surface area (Å²) in [4.78, 5) is 4.60. The molecule has 0 saturated heterocycles. The summed E-state index contributed by atoms with van der Waals surface area (Å²) in [6, 6.07) is 10.9. The second kappa shape index (κ2) is 6.60. The van der Waals surface area contributed by atoms with Gasteiger partial charge in [0.05, 0.1) is 5.69 Å². The molecule has 2 aromatic rings. The monoisotopic (exact) mass is 271 g/mol. The van der Waals surface area contributed by atoms with Crippen LogP contribution in [0, 0.1) is 12.8 Å². The van der Waals surface area contributed by atoms with Crippen LogP contribution in [0.3, 0.4) is 0 Å². The van der Waals surface area contributed by atoms with Crippen molar-refractivity contribution in [1.29, 1.82) is 0 Å². The molecule has 0 aliphatic heterocycles. The number of imidazole rings is 1. The zero-order valence-electron chi connectivity index (χ0n) is 12.9. The van der Waals surface area contributed by atoms with Gasteiger partial charge in [-0.3, -0.25) is 0 Å². The van der Waals surface area contributed by atoms with Crippen molar-refractivity contribution in [3.8, 4) is 0 Å². The first kappa shape index (κ1) is 14.6. The van der Waals surface area contributed by atoms with Crippen LogP contribution in [0.5, 0.6) is 0 Å². The fraction of sp³-hybridized carbons (Fsp3) is 0.471. The highest BCUT2D eigenvalue weighted by Gasteiger charge is 2.10. The van der Waals surface area contributed by atoms with E-state index in [1.54, 1.807) is 0 Å². The topological polar surface area (TPSA) is 29.9 Å². The summed E-state index contributed by atoms with van der Waals surface area (Å²) in [6.45, 7) is 9.71. The maximum atomic E-state index is 4.60. The van der Waals surface area contributed by atoms with Gasteiger partial charge < -0.3 is 9.88 Å². The Morgan fingerprint density at radius 3 is 2.50 bits per heavy atom. The van der Waals surface area contributed by atoms with Gasteiger partial charge in [-0.05, 0) is 31.7 Å². The molecule has 3 heteroatoms. The van der Waals surface area contributed by atoms with Crippen LogP contribution in [-0.4, -0.2) is 15.6 Å². The lowest BCUT2D eigenvalue weighted by Gasteiger charge is -2.17. The molecular formula is C17H25N3. The third-order valence-corrected chi connectivity index (χ3v) is 3.22. The molecule has 1 unspecified atom stereocenters. The first-order valence-corrected chi connectivity index (χ1v) is 7.39. The Hall–Kier alpha value is -1.77. The number of rotatable bonds is 6. The zero-order valence-corrected chi connectivity index (χ0v) is 12.9. The summed E-state index contributed by atoms with van der Waals surface area (Å²) in [5.41, 5.74) is 2.42. The third kappa shape index (κ3) is 4.12. The van der Waals surface area contributed by atoms with E-state index in [4.69, 9.17) is 0 Å². The van der Waals surface area contributed by atoms with Gasteiger partial charge >= 0.3 is 0 Å². The first-order valence-electron chi connectivity index (χ1n) is 7.39. The number of hydrogen-bond donors (Lipinski definition) is 1. The minimum atomic E-state index is 0.366. The molecule has 108 valence electrons. The van der Waals surface area contributed by atoms with Crippen molar-refractivity contribution in [2.45, 2.75) is 46.7 Å². The third-order valence-electron chi connectivity index (χ3n) is 3.22. The van der Waals surface area contributed by atoms with E-state index in [1.165, 1.54) is 5.56 Å². The van der Waals surface area contributed by atoms with Gasteiger partial charge in [0.15, 0.2) is 0 Å². The molecule has 20 heavy (non-hydrogen) atoms. The van der Waals surface area contributed by atoms with Crippen molar-refractivity contribution < 1.29 is 0 Å². The summed E-state index contributed by atoms with van der Waals surface area (Å²) >= 11 is 0. The van der Waals surface area contributed by atoms with Crippen LogP contribution in [0.15, 0.2) is 36.5 Å². The average Bonchev–Trinajstić information content (AvgIpc) is 2.69. The van der Waals surface area contributed by atoms with Crippen molar-refractivity contribution >= 4 is 5.95 Å². The van der Waals surface area contributed by atoms with E-state index in [0.29, 0.717) is 12.0 Å². The van der Waals surface area contributed by atoms with Gasteiger partial charge in [0.25, 0.3) is 0 Å². The molecule has 0 fully saturated rings. The number of nitrogens with one attached hydrogen (secondary N) is 1.